The van der Waals surface area contributed by atoms with E-state index in [9.17, 15) is 13.2 Å². The Bertz CT molecular complexity index is 478. The molecule has 0 saturated carbocycles. The number of sulfone groups is 1. The first-order valence-electron chi connectivity index (χ1n) is 4.45. The second kappa shape index (κ2) is 4.97. The Balaban J connectivity index is 3.03. The highest BCUT2D eigenvalue weighted by molar-refractivity contribution is 9.10. The van der Waals surface area contributed by atoms with Crippen LogP contribution in [0.25, 0.3) is 0 Å². The van der Waals surface area contributed by atoms with Crippen LogP contribution in [-0.2, 0) is 14.6 Å². The molecule has 0 aromatic heterocycles. The van der Waals surface area contributed by atoms with Crippen LogP contribution in [0.3, 0.4) is 0 Å². The smallest absolute Gasteiger partial charge is 0.312 e. The minimum Gasteiger partial charge on any atom is -0.481 e. The monoisotopic (exact) mass is 306 g/mol. The Hall–Kier alpha value is -0.880. The molecular weight excluding hydrogens is 296 g/mol. The summed E-state index contributed by atoms with van der Waals surface area (Å²) in [5.41, 5.74) is 0.487. The molecule has 0 heterocycles. The second-order valence-corrected chi connectivity index (χ2v) is 6.64. The summed E-state index contributed by atoms with van der Waals surface area (Å²) < 4.78 is 23.0. The van der Waals surface area contributed by atoms with E-state index < -0.39 is 21.7 Å². The van der Waals surface area contributed by atoms with Gasteiger partial charge in [0.1, 0.15) is 9.84 Å². The van der Waals surface area contributed by atoms with Crippen LogP contribution in [-0.4, -0.2) is 31.5 Å². The van der Waals surface area contributed by atoms with Crippen molar-refractivity contribution in [1.82, 2.24) is 0 Å². The van der Waals surface area contributed by atoms with Gasteiger partial charge in [-0.15, -0.1) is 0 Å². The highest BCUT2D eigenvalue weighted by atomic mass is 79.9. The Morgan fingerprint density at radius 3 is 2.25 bits per heavy atom. The lowest BCUT2D eigenvalue weighted by Crippen LogP contribution is -2.21. The number of carboxylic acids is 1. The predicted octanol–water partition coefficient (Wildman–Crippen LogP) is 1.66. The van der Waals surface area contributed by atoms with Gasteiger partial charge in [0.25, 0.3) is 0 Å². The van der Waals surface area contributed by atoms with Crippen molar-refractivity contribution in [2.45, 2.75) is 5.92 Å². The first-order valence-corrected chi connectivity index (χ1v) is 7.31. The summed E-state index contributed by atoms with van der Waals surface area (Å²) in [5, 5.41) is 8.98. The molecule has 0 aliphatic carbocycles. The van der Waals surface area contributed by atoms with E-state index in [-0.39, 0.29) is 5.75 Å². The van der Waals surface area contributed by atoms with Gasteiger partial charge in [-0.2, -0.15) is 0 Å². The van der Waals surface area contributed by atoms with E-state index in [0.29, 0.717) is 5.56 Å². The molecule has 0 spiro atoms. The molecular formula is C10H11BrO4S. The van der Waals surface area contributed by atoms with Crippen LogP contribution in [0.15, 0.2) is 28.7 Å². The maximum absolute atomic E-state index is 11.1. The molecule has 0 saturated heterocycles. The van der Waals surface area contributed by atoms with E-state index in [4.69, 9.17) is 5.11 Å². The zero-order valence-electron chi connectivity index (χ0n) is 8.55. The summed E-state index contributed by atoms with van der Waals surface area (Å²) in [6, 6.07) is 6.59. The van der Waals surface area contributed by atoms with Crippen molar-refractivity contribution >= 4 is 31.7 Å². The van der Waals surface area contributed by atoms with Crippen LogP contribution in [0.1, 0.15) is 11.5 Å². The van der Waals surface area contributed by atoms with Crippen LogP contribution in [0.5, 0.6) is 0 Å². The lowest BCUT2D eigenvalue weighted by molar-refractivity contribution is -0.138. The van der Waals surface area contributed by atoms with Gasteiger partial charge in [0.05, 0.1) is 11.7 Å². The number of aliphatic carboxylic acids is 1. The van der Waals surface area contributed by atoms with Crippen LogP contribution in [0.4, 0.5) is 0 Å². The summed E-state index contributed by atoms with van der Waals surface area (Å²) in [6.07, 6.45) is 1.03. The molecule has 1 rings (SSSR count). The van der Waals surface area contributed by atoms with Gasteiger partial charge in [0, 0.05) is 10.7 Å². The highest BCUT2D eigenvalue weighted by Gasteiger charge is 2.24. The summed E-state index contributed by atoms with van der Waals surface area (Å²) in [5.74, 6) is -2.53. The molecule has 0 amide bonds. The van der Waals surface area contributed by atoms with Crippen molar-refractivity contribution < 1.29 is 18.3 Å². The fourth-order valence-electron chi connectivity index (χ4n) is 1.31. The van der Waals surface area contributed by atoms with Gasteiger partial charge >= 0.3 is 5.97 Å². The van der Waals surface area contributed by atoms with Crippen LogP contribution in [0.2, 0.25) is 0 Å². The highest BCUT2D eigenvalue weighted by Crippen LogP contribution is 2.20. The number of benzene rings is 1. The summed E-state index contributed by atoms with van der Waals surface area (Å²) >= 11 is 3.23. The predicted molar refractivity (Wildman–Crippen MR) is 64.2 cm³/mol. The Morgan fingerprint density at radius 2 is 1.88 bits per heavy atom. The van der Waals surface area contributed by atoms with Crippen molar-refractivity contribution in [1.29, 1.82) is 0 Å². The third kappa shape index (κ3) is 3.94. The SMILES string of the molecule is CS(=O)(=O)CC(C(=O)O)c1ccc(Br)cc1. The van der Waals surface area contributed by atoms with Crippen molar-refractivity contribution in [3.8, 4) is 0 Å². The standard InChI is InChI=1S/C10H11BrO4S/c1-16(14,15)6-9(10(12)13)7-2-4-8(11)5-3-7/h2-5,9H,6H2,1H3,(H,12,13). The van der Waals surface area contributed by atoms with Crippen molar-refractivity contribution in [2.75, 3.05) is 12.0 Å². The third-order valence-corrected chi connectivity index (χ3v) is 3.51. The van der Waals surface area contributed by atoms with Gasteiger partial charge < -0.3 is 5.11 Å². The normalized spacial score (nSPS) is 13.4. The van der Waals surface area contributed by atoms with Crippen LogP contribution < -0.4 is 0 Å². The average molecular weight is 307 g/mol. The summed E-state index contributed by atoms with van der Waals surface area (Å²) in [4.78, 5) is 11.0. The zero-order valence-corrected chi connectivity index (χ0v) is 11.0. The maximum Gasteiger partial charge on any atom is 0.312 e. The number of halogens is 1. The van der Waals surface area contributed by atoms with Gasteiger partial charge in [-0.1, -0.05) is 28.1 Å². The molecule has 1 aromatic rings. The first kappa shape index (κ1) is 13.2. The number of hydrogen-bond donors (Lipinski definition) is 1. The number of rotatable bonds is 4. The van der Waals surface area contributed by atoms with Crippen LogP contribution in [0, 0.1) is 0 Å². The molecule has 0 radical (unpaired) electrons. The molecule has 88 valence electrons. The largest absolute Gasteiger partial charge is 0.481 e. The lowest BCUT2D eigenvalue weighted by Gasteiger charge is -2.11. The Labute approximate surface area is 102 Å². The van der Waals surface area contributed by atoms with Crippen molar-refractivity contribution in [3.05, 3.63) is 34.3 Å². The fourth-order valence-corrected chi connectivity index (χ4v) is 2.51. The van der Waals surface area contributed by atoms with Gasteiger partial charge in [0.2, 0.25) is 0 Å². The molecule has 4 nitrogen and oxygen atoms in total. The van der Waals surface area contributed by atoms with Crippen LogP contribution >= 0.6 is 15.9 Å². The minimum atomic E-state index is -3.32. The van der Waals surface area contributed by atoms with Gasteiger partial charge in [-0.25, -0.2) is 8.42 Å². The molecule has 1 atom stereocenters. The third-order valence-electron chi connectivity index (χ3n) is 2.04. The lowest BCUT2D eigenvalue weighted by atomic mass is 10.0. The molecule has 1 unspecified atom stereocenters. The number of carboxylic acid groups (broad SMARTS) is 1. The van der Waals surface area contributed by atoms with Gasteiger partial charge in [-0.05, 0) is 17.7 Å². The first-order chi connectivity index (χ1) is 7.29. The van der Waals surface area contributed by atoms with E-state index >= 15 is 0 Å². The number of hydrogen-bond acceptors (Lipinski definition) is 3. The zero-order chi connectivity index (χ0) is 12.3. The Kier molecular flexibility index (Phi) is 4.09. The topological polar surface area (TPSA) is 71.4 Å². The molecule has 6 heteroatoms. The molecule has 16 heavy (non-hydrogen) atoms. The van der Waals surface area contributed by atoms with Crippen molar-refractivity contribution in [2.24, 2.45) is 0 Å². The molecule has 0 bridgehead atoms. The quantitative estimate of drug-likeness (QED) is 0.918. The summed E-state index contributed by atoms with van der Waals surface area (Å²) in [6.45, 7) is 0. The average Bonchev–Trinajstić information content (AvgIpc) is 2.14. The van der Waals surface area contributed by atoms with Gasteiger partial charge in [-0.3, -0.25) is 4.79 Å². The second-order valence-electron chi connectivity index (χ2n) is 3.53. The molecule has 1 N–H and O–H groups in total. The number of carbonyl (C=O) groups is 1. The maximum atomic E-state index is 11.1. The van der Waals surface area contributed by atoms with E-state index in [1.165, 1.54) is 0 Å². The Morgan fingerprint density at radius 1 is 1.38 bits per heavy atom. The van der Waals surface area contributed by atoms with E-state index in [1.807, 2.05) is 0 Å². The molecule has 0 aliphatic rings. The molecule has 0 aliphatic heterocycles. The van der Waals surface area contributed by atoms with Gasteiger partial charge in [0.15, 0.2) is 0 Å². The molecule has 0 fully saturated rings. The summed E-state index contributed by atoms with van der Waals surface area (Å²) in [7, 11) is -3.32. The van der Waals surface area contributed by atoms with Crippen molar-refractivity contribution in [3.63, 3.8) is 0 Å². The van der Waals surface area contributed by atoms with E-state index in [2.05, 4.69) is 15.9 Å². The molecule has 1 aromatic carbocycles. The van der Waals surface area contributed by atoms with E-state index in [1.54, 1.807) is 24.3 Å². The van der Waals surface area contributed by atoms with E-state index in [0.717, 1.165) is 10.7 Å². The minimum absolute atomic E-state index is 0.385. The fraction of sp³-hybridized carbons (Fsp3) is 0.300.